The second kappa shape index (κ2) is 3.23. The zero-order chi connectivity index (χ0) is 4.41. The minimum absolute atomic E-state index is 0. The Kier molecular flexibility index (Phi) is 3.32. The summed E-state index contributed by atoms with van der Waals surface area (Å²) in [6, 6.07) is 0. The molecule has 0 aromatic carbocycles. The van der Waals surface area contributed by atoms with Gasteiger partial charge in [-0.05, 0) is 0 Å². The van der Waals surface area contributed by atoms with E-state index < -0.39 is 0 Å². The Balaban J connectivity index is -0.000000120. The minimum Gasteiger partial charge on any atom is -1.00 e. The molecule has 0 atom stereocenters. The van der Waals surface area contributed by atoms with Gasteiger partial charge in [-0.25, -0.2) is 11.6 Å². The summed E-state index contributed by atoms with van der Waals surface area (Å²) in [6.07, 6.45) is 8.33. The average Bonchev–Trinajstić information content (AvgIpc) is 1.86. The molecule has 0 radical (unpaired) electrons. The number of hydrogen-bond acceptors (Lipinski definition) is 0. The first-order valence-electron chi connectivity index (χ1n) is 2.13. The van der Waals surface area contributed by atoms with Crippen LogP contribution in [0.2, 0.25) is 0 Å². The zero-order valence-electron chi connectivity index (χ0n) is 6.36. The molecule has 0 amide bonds. The van der Waals surface area contributed by atoms with Gasteiger partial charge >= 0.3 is 0 Å². The fourth-order valence-electron chi connectivity index (χ4n) is 0.515. The minimum atomic E-state index is 0. The maximum Gasteiger partial charge on any atom is 0 e. The van der Waals surface area contributed by atoms with Crippen LogP contribution in [0.5, 0.6) is 0 Å². The van der Waals surface area contributed by atoms with E-state index >= 15 is 0 Å². The van der Waals surface area contributed by atoms with Crippen molar-refractivity contribution < 1.29 is 24.6 Å². The molecule has 0 aromatic rings. The van der Waals surface area contributed by atoms with Crippen molar-refractivity contribution in [1.82, 2.24) is 0 Å². The molecule has 0 N–H and O–H groups in total. The largest absolute Gasteiger partial charge is 1.00 e. The van der Waals surface area contributed by atoms with Gasteiger partial charge in [0, 0.05) is 21.7 Å². The molecule has 7 heavy (non-hydrogen) atoms. The third kappa shape index (κ3) is 2.11. The standard InChI is InChI=1S/C6H7.Ti.2H/c1-6-4-2-3-5-6;;;/h2,4H,3H2,1H3;;;/q-1;;2*-1. The molecular weight excluding hydrogens is 120 g/mol. The molecule has 1 aliphatic carbocycles. The Morgan fingerprint density at radius 3 is 2.71 bits per heavy atom. The van der Waals surface area contributed by atoms with Crippen molar-refractivity contribution in [3.05, 3.63) is 23.8 Å². The van der Waals surface area contributed by atoms with E-state index in [0.29, 0.717) is 0 Å². The summed E-state index contributed by atoms with van der Waals surface area (Å²) < 4.78 is 0. The van der Waals surface area contributed by atoms with Gasteiger partial charge in [-0.2, -0.15) is 6.08 Å². The molecule has 0 saturated heterocycles. The van der Waals surface area contributed by atoms with E-state index in [1.54, 1.807) is 0 Å². The first kappa shape index (κ1) is 7.19. The third-order valence-corrected chi connectivity index (χ3v) is 0.867. The summed E-state index contributed by atoms with van der Waals surface area (Å²) >= 11 is 0. The molecule has 1 heteroatoms. The molecule has 0 aliphatic heterocycles. The van der Waals surface area contributed by atoms with Gasteiger partial charge in [0.25, 0.3) is 0 Å². The number of allylic oxidation sites excluding steroid dienone is 4. The third-order valence-electron chi connectivity index (χ3n) is 0.867. The van der Waals surface area contributed by atoms with Crippen LogP contribution in [0.3, 0.4) is 0 Å². The molecule has 1 aliphatic rings. The molecule has 0 aromatic heterocycles. The van der Waals surface area contributed by atoms with Crippen molar-refractivity contribution in [2.24, 2.45) is 0 Å². The zero-order valence-corrected chi connectivity index (χ0v) is 5.92. The SMILES string of the molecule is CC1=[C-]CC=C1.[H-].[H-].[Ti]. The summed E-state index contributed by atoms with van der Waals surface area (Å²) in [5, 5.41) is 0. The van der Waals surface area contributed by atoms with Gasteiger partial charge in [-0.1, -0.05) is 6.92 Å². The Bertz CT molecular complexity index is 105. The van der Waals surface area contributed by atoms with Gasteiger partial charge in [-0.3, -0.25) is 6.08 Å². The van der Waals surface area contributed by atoms with Crippen molar-refractivity contribution in [2.45, 2.75) is 13.3 Å². The van der Waals surface area contributed by atoms with E-state index in [1.165, 1.54) is 5.57 Å². The summed E-state index contributed by atoms with van der Waals surface area (Å²) in [5.74, 6) is 0. The van der Waals surface area contributed by atoms with Crippen molar-refractivity contribution >= 4 is 0 Å². The van der Waals surface area contributed by atoms with Crippen molar-refractivity contribution in [2.75, 3.05) is 0 Å². The number of hydrogen-bond donors (Lipinski definition) is 0. The van der Waals surface area contributed by atoms with Gasteiger partial charge in [-0.15, -0.1) is 6.42 Å². The topological polar surface area (TPSA) is 0 Å². The Hall–Kier alpha value is 0.194. The van der Waals surface area contributed by atoms with Crippen LogP contribution in [-0.4, -0.2) is 0 Å². The van der Waals surface area contributed by atoms with Gasteiger partial charge in [0.1, 0.15) is 0 Å². The number of rotatable bonds is 0. The second-order valence-corrected chi connectivity index (χ2v) is 1.47. The fraction of sp³-hybridized carbons (Fsp3) is 0.333. The molecule has 0 unspecified atom stereocenters. The first-order chi connectivity index (χ1) is 2.89. The van der Waals surface area contributed by atoms with E-state index in [4.69, 9.17) is 0 Å². The van der Waals surface area contributed by atoms with Crippen LogP contribution in [0.25, 0.3) is 0 Å². The van der Waals surface area contributed by atoms with Gasteiger partial charge in [0.2, 0.25) is 0 Å². The predicted molar refractivity (Wildman–Crippen MR) is 28.4 cm³/mol. The fourth-order valence-corrected chi connectivity index (χ4v) is 0.515. The first-order valence-corrected chi connectivity index (χ1v) is 2.13. The summed E-state index contributed by atoms with van der Waals surface area (Å²) in [7, 11) is 0. The molecule has 0 spiro atoms. The van der Waals surface area contributed by atoms with E-state index in [0.717, 1.165) is 6.42 Å². The quantitative estimate of drug-likeness (QED) is 0.346. The molecule has 0 fully saturated rings. The maximum atomic E-state index is 3.12. The molecule has 40 valence electrons. The Labute approximate surface area is 62.2 Å². The Morgan fingerprint density at radius 2 is 2.57 bits per heavy atom. The van der Waals surface area contributed by atoms with Crippen LogP contribution < -0.4 is 0 Å². The maximum absolute atomic E-state index is 3.12. The van der Waals surface area contributed by atoms with E-state index in [2.05, 4.69) is 25.2 Å². The van der Waals surface area contributed by atoms with E-state index in [1.807, 2.05) is 0 Å². The molecule has 0 bridgehead atoms. The van der Waals surface area contributed by atoms with Crippen molar-refractivity contribution in [1.29, 1.82) is 0 Å². The van der Waals surface area contributed by atoms with Crippen LogP contribution in [0.15, 0.2) is 17.7 Å². The second-order valence-electron chi connectivity index (χ2n) is 1.47. The van der Waals surface area contributed by atoms with E-state index in [9.17, 15) is 0 Å². The molecule has 0 saturated carbocycles. The summed E-state index contributed by atoms with van der Waals surface area (Å²) in [4.78, 5) is 0. The smallest absolute Gasteiger partial charge is 0 e. The molecule has 1 rings (SSSR count). The monoisotopic (exact) mass is 129 g/mol. The predicted octanol–water partition coefficient (Wildman–Crippen LogP) is 1.92. The van der Waals surface area contributed by atoms with Crippen LogP contribution in [0, 0.1) is 6.08 Å². The van der Waals surface area contributed by atoms with E-state index in [-0.39, 0.29) is 24.6 Å². The van der Waals surface area contributed by atoms with Gasteiger partial charge in [0.15, 0.2) is 0 Å². The molecule has 0 heterocycles. The van der Waals surface area contributed by atoms with Crippen LogP contribution >= 0.6 is 0 Å². The van der Waals surface area contributed by atoms with Gasteiger partial charge in [0.05, 0.1) is 0 Å². The van der Waals surface area contributed by atoms with Gasteiger partial charge < -0.3 is 2.85 Å². The molecular formula is C6H9Ti-3. The summed E-state index contributed by atoms with van der Waals surface area (Å²) in [5.41, 5.74) is 1.27. The van der Waals surface area contributed by atoms with Crippen molar-refractivity contribution in [3.8, 4) is 0 Å². The average molecular weight is 129 g/mol. The van der Waals surface area contributed by atoms with Crippen LogP contribution in [-0.2, 0) is 21.7 Å². The normalized spacial score (nSPS) is 15.9. The van der Waals surface area contributed by atoms with Crippen molar-refractivity contribution in [3.63, 3.8) is 0 Å². The Morgan fingerprint density at radius 1 is 1.86 bits per heavy atom. The van der Waals surface area contributed by atoms with Crippen LogP contribution in [0.1, 0.15) is 16.2 Å². The molecule has 0 nitrogen and oxygen atoms in total. The summed E-state index contributed by atoms with van der Waals surface area (Å²) in [6.45, 7) is 2.06. The van der Waals surface area contributed by atoms with Crippen LogP contribution in [0.4, 0.5) is 0 Å².